The molecular formula is C17H25NO2. The van der Waals surface area contributed by atoms with Gasteiger partial charge in [0, 0.05) is 11.0 Å². The molecule has 1 aromatic rings. The summed E-state index contributed by atoms with van der Waals surface area (Å²) < 4.78 is 5.62. The molecular weight excluding hydrogens is 250 g/mol. The maximum atomic E-state index is 12.8. The lowest BCUT2D eigenvalue weighted by Crippen LogP contribution is -2.41. The maximum Gasteiger partial charge on any atom is 0.169 e. The smallest absolute Gasteiger partial charge is 0.169 e. The lowest BCUT2D eigenvalue weighted by atomic mass is 9.71. The second kappa shape index (κ2) is 6.40. The molecule has 0 spiro atoms. The molecule has 0 bridgehead atoms. The third kappa shape index (κ3) is 3.21. The Morgan fingerprint density at radius 1 is 1.25 bits per heavy atom. The molecule has 20 heavy (non-hydrogen) atoms. The van der Waals surface area contributed by atoms with E-state index in [1.165, 1.54) is 0 Å². The summed E-state index contributed by atoms with van der Waals surface area (Å²) in [6, 6.07) is 7.61. The van der Waals surface area contributed by atoms with Gasteiger partial charge in [-0.15, -0.1) is 0 Å². The third-order valence-electron chi connectivity index (χ3n) is 4.21. The minimum absolute atomic E-state index is 0.156. The van der Waals surface area contributed by atoms with Crippen LogP contribution in [0.4, 0.5) is 0 Å². The average Bonchev–Trinajstić information content (AvgIpc) is 2.47. The fourth-order valence-corrected chi connectivity index (χ4v) is 2.91. The van der Waals surface area contributed by atoms with Crippen LogP contribution >= 0.6 is 0 Å². The van der Waals surface area contributed by atoms with E-state index in [0.29, 0.717) is 0 Å². The Morgan fingerprint density at radius 2 is 1.85 bits per heavy atom. The van der Waals surface area contributed by atoms with Crippen molar-refractivity contribution in [2.75, 3.05) is 13.1 Å². The SMILES string of the molecule is CCC1(C(=O)c2ccc(OC(C)C)cc2)CCNCC1. The van der Waals surface area contributed by atoms with Crippen LogP contribution in [-0.4, -0.2) is 25.0 Å². The number of hydrogen-bond donors (Lipinski definition) is 1. The third-order valence-corrected chi connectivity index (χ3v) is 4.21. The van der Waals surface area contributed by atoms with E-state index < -0.39 is 0 Å². The van der Waals surface area contributed by atoms with Crippen molar-refractivity contribution < 1.29 is 9.53 Å². The molecule has 0 aliphatic carbocycles. The summed E-state index contributed by atoms with van der Waals surface area (Å²) in [4.78, 5) is 12.8. The van der Waals surface area contributed by atoms with Gasteiger partial charge in [-0.1, -0.05) is 6.92 Å². The van der Waals surface area contributed by atoms with Gasteiger partial charge >= 0.3 is 0 Å². The predicted octanol–water partition coefficient (Wildman–Crippen LogP) is 3.44. The van der Waals surface area contributed by atoms with E-state index in [9.17, 15) is 4.79 Å². The molecule has 3 nitrogen and oxygen atoms in total. The molecule has 0 saturated carbocycles. The average molecular weight is 275 g/mol. The van der Waals surface area contributed by atoms with Crippen molar-refractivity contribution in [3.05, 3.63) is 29.8 Å². The van der Waals surface area contributed by atoms with E-state index in [-0.39, 0.29) is 17.3 Å². The van der Waals surface area contributed by atoms with Crippen molar-refractivity contribution in [1.82, 2.24) is 5.32 Å². The van der Waals surface area contributed by atoms with Gasteiger partial charge in [0.25, 0.3) is 0 Å². The van der Waals surface area contributed by atoms with Gasteiger partial charge in [-0.25, -0.2) is 0 Å². The number of ketones is 1. The van der Waals surface area contributed by atoms with Crippen molar-refractivity contribution in [3.8, 4) is 5.75 Å². The number of piperidine rings is 1. The van der Waals surface area contributed by atoms with Crippen LogP contribution < -0.4 is 10.1 Å². The van der Waals surface area contributed by atoms with Gasteiger partial charge < -0.3 is 10.1 Å². The maximum absolute atomic E-state index is 12.8. The fraction of sp³-hybridized carbons (Fsp3) is 0.588. The summed E-state index contributed by atoms with van der Waals surface area (Å²) in [5, 5.41) is 3.34. The molecule has 1 heterocycles. The highest BCUT2D eigenvalue weighted by atomic mass is 16.5. The van der Waals surface area contributed by atoms with Crippen LogP contribution in [0, 0.1) is 5.41 Å². The summed E-state index contributed by atoms with van der Waals surface area (Å²) in [5.41, 5.74) is 0.635. The summed E-state index contributed by atoms with van der Waals surface area (Å²) >= 11 is 0. The van der Waals surface area contributed by atoms with Crippen molar-refractivity contribution >= 4 is 5.78 Å². The van der Waals surface area contributed by atoms with Gasteiger partial charge in [-0.3, -0.25) is 4.79 Å². The highest BCUT2D eigenvalue weighted by Gasteiger charge is 2.37. The number of hydrogen-bond acceptors (Lipinski definition) is 3. The summed E-state index contributed by atoms with van der Waals surface area (Å²) in [5.74, 6) is 1.12. The molecule has 1 aromatic carbocycles. The number of ether oxygens (including phenoxy) is 1. The zero-order chi connectivity index (χ0) is 14.6. The number of benzene rings is 1. The molecule has 1 aliphatic rings. The van der Waals surface area contributed by atoms with Crippen molar-refractivity contribution in [2.24, 2.45) is 5.41 Å². The monoisotopic (exact) mass is 275 g/mol. The van der Waals surface area contributed by atoms with Crippen LogP contribution in [0.25, 0.3) is 0 Å². The number of Topliss-reactive ketones (excluding diaryl/α,β-unsaturated/α-hetero) is 1. The first-order chi connectivity index (χ1) is 9.57. The molecule has 2 rings (SSSR count). The zero-order valence-electron chi connectivity index (χ0n) is 12.7. The Labute approximate surface area is 121 Å². The normalized spacial score (nSPS) is 18.0. The second-order valence-corrected chi connectivity index (χ2v) is 5.90. The van der Waals surface area contributed by atoms with E-state index in [1.807, 2.05) is 38.1 Å². The Hall–Kier alpha value is -1.35. The Morgan fingerprint density at radius 3 is 2.35 bits per heavy atom. The largest absolute Gasteiger partial charge is 0.491 e. The molecule has 0 unspecified atom stereocenters. The predicted molar refractivity (Wildman–Crippen MR) is 81.4 cm³/mol. The van der Waals surface area contributed by atoms with E-state index in [1.54, 1.807) is 0 Å². The molecule has 0 amide bonds. The van der Waals surface area contributed by atoms with E-state index in [0.717, 1.165) is 43.7 Å². The molecule has 0 atom stereocenters. The molecule has 1 aliphatic heterocycles. The quantitative estimate of drug-likeness (QED) is 0.837. The van der Waals surface area contributed by atoms with Gasteiger partial charge in [-0.05, 0) is 70.5 Å². The van der Waals surface area contributed by atoms with Crippen molar-refractivity contribution in [3.63, 3.8) is 0 Å². The molecule has 1 fully saturated rings. The number of carbonyl (C=O) groups excluding carboxylic acids is 1. The first-order valence-corrected chi connectivity index (χ1v) is 7.59. The van der Waals surface area contributed by atoms with Gasteiger partial charge in [0.1, 0.15) is 5.75 Å². The van der Waals surface area contributed by atoms with Crippen LogP contribution in [-0.2, 0) is 0 Å². The lowest BCUT2D eigenvalue weighted by Gasteiger charge is -2.35. The van der Waals surface area contributed by atoms with Crippen LogP contribution in [0.1, 0.15) is 50.4 Å². The van der Waals surface area contributed by atoms with Crippen LogP contribution in [0.5, 0.6) is 5.75 Å². The highest BCUT2D eigenvalue weighted by molar-refractivity contribution is 6.00. The van der Waals surface area contributed by atoms with Crippen LogP contribution in [0.2, 0.25) is 0 Å². The topological polar surface area (TPSA) is 38.3 Å². The standard InChI is InChI=1S/C17H25NO2/c1-4-17(9-11-18-12-10-17)16(19)14-5-7-15(8-6-14)20-13(2)3/h5-8,13,18H,4,9-12H2,1-3H3. The number of rotatable bonds is 5. The molecule has 0 aromatic heterocycles. The molecule has 0 radical (unpaired) electrons. The van der Waals surface area contributed by atoms with Crippen LogP contribution in [0.3, 0.4) is 0 Å². The minimum Gasteiger partial charge on any atom is -0.491 e. The number of carbonyl (C=O) groups is 1. The lowest BCUT2D eigenvalue weighted by molar-refractivity contribution is 0.0717. The first kappa shape index (κ1) is 15.0. The second-order valence-electron chi connectivity index (χ2n) is 5.90. The fourth-order valence-electron chi connectivity index (χ4n) is 2.91. The summed E-state index contributed by atoms with van der Waals surface area (Å²) in [7, 11) is 0. The van der Waals surface area contributed by atoms with Gasteiger partial charge in [0.05, 0.1) is 6.10 Å². The summed E-state index contributed by atoms with van der Waals surface area (Å²) in [6.07, 6.45) is 2.94. The van der Waals surface area contributed by atoms with Crippen molar-refractivity contribution in [2.45, 2.75) is 46.1 Å². The zero-order valence-corrected chi connectivity index (χ0v) is 12.7. The Kier molecular flexibility index (Phi) is 4.81. The summed E-state index contributed by atoms with van der Waals surface area (Å²) in [6.45, 7) is 8.00. The van der Waals surface area contributed by atoms with E-state index in [2.05, 4.69) is 12.2 Å². The first-order valence-electron chi connectivity index (χ1n) is 7.59. The van der Waals surface area contributed by atoms with Crippen LogP contribution in [0.15, 0.2) is 24.3 Å². The van der Waals surface area contributed by atoms with Gasteiger partial charge in [0.15, 0.2) is 5.78 Å². The molecule has 1 N–H and O–H groups in total. The molecule has 1 saturated heterocycles. The Balaban J connectivity index is 2.15. The number of nitrogens with one attached hydrogen (secondary N) is 1. The van der Waals surface area contributed by atoms with Gasteiger partial charge in [-0.2, -0.15) is 0 Å². The van der Waals surface area contributed by atoms with Gasteiger partial charge in [0.2, 0.25) is 0 Å². The van der Waals surface area contributed by atoms with Crippen molar-refractivity contribution in [1.29, 1.82) is 0 Å². The molecule has 3 heteroatoms. The Bertz CT molecular complexity index is 445. The highest BCUT2D eigenvalue weighted by Crippen LogP contribution is 2.36. The molecule has 110 valence electrons. The minimum atomic E-state index is -0.175. The van der Waals surface area contributed by atoms with E-state index >= 15 is 0 Å². The van der Waals surface area contributed by atoms with E-state index in [4.69, 9.17) is 4.74 Å².